The van der Waals surface area contributed by atoms with Crippen LogP contribution in [-0.2, 0) is 19.8 Å². The number of hydrogen-bond acceptors (Lipinski definition) is 4. The highest BCUT2D eigenvalue weighted by Crippen LogP contribution is 2.24. The van der Waals surface area contributed by atoms with E-state index in [1.165, 1.54) is 0 Å². The molecule has 0 heterocycles. The molecule has 2 N–H and O–H groups in total. The molecule has 0 radical (unpaired) electrons. The largest absolute Gasteiger partial charge is 0.464 e. The Balaban J connectivity index is 2.72. The zero-order valence-electron chi connectivity index (χ0n) is 12.4. The van der Waals surface area contributed by atoms with Crippen LogP contribution in [0.1, 0.15) is 38.7 Å². The van der Waals surface area contributed by atoms with Crippen LogP contribution in [0, 0.1) is 0 Å². The first-order chi connectivity index (χ1) is 9.65. The van der Waals surface area contributed by atoms with Gasteiger partial charge in [-0.3, -0.25) is 0 Å². The summed E-state index contributed by atoms with van der Waals surface area (Å²) in [6.45, 7) is 5.36. The Kier molecular flexibility index (Phi) is 7.26. The Morgan fingerprint density at radius 3 is 2.50 bits per heavy atom. The molecule has 1 unspecified atom stereocenters. The standard InChI is InChI=1S/C16H25NO3/c1-3-5-12-19-13-11-16(17,15(18)20-4-2)14-9-7-6-8-10-14/h6-10H,3-5,11-13,17H2,1-2H3. The molecular formula is C16H25NO3. The fourth-order valence-electron chi connectivity index (χ4n) is 1.94. The van der Waals surface area contributed by atoms with E-state index in [0.29, 0.717) is 26.2 Å². The van der Waals surface area contributed by atoms with Crippen LogP contribution in [0.3, 0.4) is 0 Å². The van der Waals surface area contributed by atoms with Gasteiger partial charge in [0.05, 0.1) is 6.61 Å². The van der Waals surface area contributed by atoms with Gasteiger partial charge in [0.1, 0.15) is 5.54 Å². The van der Waals surface area contributed by atoms with Crippen molar-refractivity contribution in [3.63, 3.8) is 0 Å². The van der Waals surface area contributed by atoms with E-state index in [-0.39, 0.29) is 0 Å². The van der Waals surface area contributed by atoms with Crippen molar-refractivity contribution in [1.82, 2.24) is 0 Å². The van der Waals surface area contributed by atoms with Crippen molar-refractivity contribution in [1.29, 1.82) is 0 Å². The second kappa shape index (κ2) is 8.72. The Bertz CT molecular complexity index is 394. The molecule has 20 heavy (non-hydrogen) atoms. The molecule has 0 spiro atoms. The van der Waals surface area contributed by atoms with Gasteiger partial charge in [-0.05, 0) is 18.9 Å². The molecule has 1 aromatic carbocycles. The minimum atomic E-state index is -1.14. The first-order valence-electron chi connectivity index (χ1n) is 7.24. The summed E-state index contributed by atoms with van der Waals surface area (Å²) in [4.78, 5) is 12.2. The second-order valence-corrected chi connectivity index (χ2v) is 4.77. The molecule has 0 amide bonds. The first kappa shape index (κ1) is 16.7. The maximum absolute atomic E-state index is 12.2. The van der Waals surface area contributed by atoms with Crippen molar-refractivity contribution in [2.24, 2.45) is 5.73 Å². The molecule has 4 heteroatoms. The van der Waals surface area contributed by atoms with E-state index < -0.39 is 11.5 Å². The molecule has 0 aliphatic heterocycles. The number of benzene rings is 1. The number of unbranched alkanes of at least 4 members (excludes halogenated alkanes) is 1. The van der Waals surface area contributed by atoms with Crippen molar-refractivity contribution in [2.75, 3.05) is 19.8 Å². The van der Waals surface area contributed by atoms with Gasteiger partial charge in [0.25, 0.3) is 0 Å². The summed E-state index contributed by atoms with van der Waals surface area (Å²) in [5, 5.41) is 0. The zero-order valence-corrected chi connectivity index (χ0v) is 12.4. The average Bonchev–Trinajstić information content (AvgIpc) is 2.48. The zero-order chi connectivity index (χ0) is 14.8. The number of ether oxygens (including phenoxy) is 2. The summed E-state index contributed by atoms with van der Waals surface area (Å²) in [5.41, 5.74) is 5.94. The molecule has 1 atom stereocenters. The summed E-state index contributed by atoms with van der Waals surface area (Å²) < 4.78 is 10.7. The first-order valence-corrected chi connectivity index (χ1v) is 7.24. The van der Waals surface area contributed by atoms with E-state index >= 15 is 0 Å². The van der Waals surface area contributed by atoms with Crippen molar-refractivity contribution >= 4 is 5.97 Å². The van der Waals surface area contributed by atoms with E-state index in [0.717, 1.165) is 18.4 Å². The van der Waals surface area contributed by atoms with E-state index in [1.54, 1.807) is 6.92 Å². The quantitative estimate of drug-likeness (QED) is 0.557. The molecule has 0 aliphatic carbocycles. The fraction of sp³-hybridized carbons (Fsp3) is 0.562. The lowest BCUT2D eigenvalue weighted by molar-refractivity contribution is -0.151. The molecule has 0 aliphatic rings. The summed E-state index contributed by atoms with van der Waals surface area (Å²) in [6.07, 6.45) is 2.52. The van der Waals surface area contributed by atoms with Gasteiger partial charge in [-0.2, -0.15) is 0 Å². The Morgan fingerprint density at radius 1 is 1.20 bits per heavy atom. The highest BCUT2D eigenvalue weighted by atomic mass is 16.5. The molecule has 4 nitrogen and oxygen atoms in total. The highest BCUT2D eigenvalue weighted by molar-refractivity contribution is 5.82. The van der Waals surface area contributed by atoms with Crippen LogP contribution in [0.4, 0.5) is 0 Å². The third-order valence-corrected chi connectivity index (χ3v) is 3.21. The molecule has 0 saturated carbocycles. The van der Waals surface area contributed by atoms with Gasteiger partial charge in [-0.1, -0.05) is 43.7 Å². The SMILES string of the molecule is CCCCOCCC(N)(C(=O)OCC)c1ccccc1. The normalized spacial score (nSPS) is 13.8. The van der Waals surface area contributed by atoms with Gasteiger partial charge in [0.2, 0.25) is 0 Å². The summed E-state index contributed by atoms with van der Waals surface area (Å²) in [6, 6.07) is 9.33. The number of esters is 1. The third-order valence-electron chi connectivity index (χ3n) is 3.21. The molecule has 0 saturated heterocycles. The maximum atomic E-state index is 12.2. The van der Waals surface area contributed by atoms with Crippen LogP contribution in [0.2, 0.25) is 0 Å². The summed E-state index contributed by atoms with van der Waals surface area (Å²) in [5.74, 6) is -0.398. The predicted octanol–water partition coefficient (Wildman–Crippen LogP) is 2.61. The number of nitrogens with two attached hydrogens (primary N) is 1. The third kappa shape index (κ3) is 4.62. The van der Waals surface area contributed by atoms with E-state index in [9.17, 15) is 4.79 Å². The van der Waals surface area contributed by atoms with Gasteiger partial charge in [0.15, 0.2) is 0 Å². The van der Waals surface area contributed by atoms with Gasteiger partial charge in [-0.15, -0.1) is 0 Å². The lowest BCUT2D eigenvalue weighted by Crippen LogP contribution is -2.47. The molecule has 1 aromatic rings. The number of rotatable bonds is 9. The Morgan fingerprint density at radius 2 is 1.90 bits per heavy atom. The van der Waals surface area contributed by atoms with Crippen molar-refractivity contribution in [3.05, 3.63) is 35.9 Å². The van der Waals surface area contributed by atoms with Crippen molar-refractivity contribution in [2.45, 2.75) is 38.6 Å². The highest BCUT2D eigenvalue weighted by Gasteiger charge is 2.37. The van der Waals surface area contributed by atoms with Gasteiger partial charge < -0.3 is 15.2 Å². The molecule has 112 valence electrons. The lowest BCUT2D eigenvalue weighted by Gasteiger charge is -2.27. The maximum Gasteiger partial charge on any atom is 0.330 e. The van der Waals surface area contributed by atoms with Crippen LogP contribution in [0.5, 0.6) is 0 Å². The van der Waals surface area contributed by atoms with Crippen LogP contribution in [0.15, 0.2) is 30.3 Å². The van der Waals surface area contributed by atoms with Gasteiger partial charge in [0, 0.05) is 19.6 Å². The summed E-state index contributed by atoms with van der Waals surface area (Å²) >= 11 is 0. The van der Waals surface area contributed by atoms with Crippen LogP contribution in [0.25, 0.3) is 0 Å². The predicted molar refractivity (Wildman–Crippen MR) is 79.3 cm³/mol. The van der Waals surface area contributed by atoms with Crippen LogP contribution >= 0.6 is 0 Å². The van der Waals surface area contributed by atoms with Crippen LogP contribution in [-0.4, -0.2) is 25.8 Å². The van der Waals surface area contributed by atoms with Crippen molar-refractivity contribution in [3.8, 4) is 0 Å². The summed E-state index contributed by atoms with van der Waals surface area (Å²) in [7, 11) is 0. The minimum absolute atomic E-state index is 0.321. The molecule has 1 rings (SSSR count). The monoisotopic (exact) mass is 279 g/mol. The fourth-order valence-corrected chi connectivity index (χ4v) is 1.94. The molecule has 0 bridgehead atoms. The average molecular weight is 279 g/mol. The molecule has 0 fully saturated rings. The van der Waals surface area contributed by atoms with E-state index in [1.807, 2.05) is 30.3 Å². The Hall–Kier alpha value is -1.39. The second-order valence-electron chi connectivity index (χ2n) is 4.77. The number of carbonyl (C=O) groups is 1. The Labute approximate surface area is 121 Å². The topological polar surface area (TPSA) is 61.5 Å². The number of hydrogen-bond donors (Lipinski definition) is 1. The van der Waals surface area contributed by atoms with Crippen LogP contribution < -0.4 is 5.73 Å². The smallest absolute Gasteiger partial charge is 0.330 e. The lowest BCUT2D eigenvalue weighted by atomic mass is 9.88. The number of carbonyl (C=O) groups excluding carboxylic acids is 1. The molecular weight excluding hydrogens is 254 g/mol. The van der Waals surface area contributed by atoms with Crippen molar-refractivity contribution < 1.29 is 14.3 Å². The van der Waals surface area contributed by atoms with Gasteiger partial charge >= 0.3 is 5.97 Å². The minimum Gasteiger partial charge on any atom is -0.464 e. The van der Waals surface area contributed by atoms with E-state index in [2.05, 4.69) is 6.92 Å². The molecule has 0 aromatic heterocycles. The van der Waals surface area contributed by atoms with E-state index in [4.69, 9.17) is 15.2 Å². The van der Waals surface area contributed by atoms with Gasteiger partial charge in [-0.25, -0.2) is 4.79 Å².